The van der Waals surface area contributed by atoms with E-state index in [9.17, 15) is 21.6 Å². The molecule has 1 aliphatic rings. The van der Waals surface area contributed by atoms with E-state index in [1.165, 1.54) is 24.3 Å². The Labute approximate surface area is 229 Å². The Morgan fingerprint density at radius 3 is 2.14 bits per heavy atom. The molecule has 15 heteroatoms. The summed E-state index contributed by atoms with van der Waals surface area (Å²) in [4.78, 5) is 14.9. The number of aliphatic imine (C=N–C) groups is 1. The van der Waals surface area contributed by atoms with E-state index in [-0.39, 0.29) is 57.7 Å². The number of amides is 1. The van der Waals surface area contributed by atoms with Crippen LogP contribution in [0, 0.1) is 0 Å². The molecule has 0 aromatic heterocycles. The predicted octanol–water partition coefficient (Wildman–Crippen LogP) is 1.82. The maximum Gasteiger partial charge on any atom is 0.280 e. The number of ether oxygens (including phenoxy) is 1. The first-order valence-corrected chi connectivity index (χ1v) is 14.1. The number of carbonyl (C=O) groups is 1. The summed E-state index contributed by atoms with van der Waals surface area (Å²) in [7, 11) is -8.14. The number of halogens is 2. The van der Waals surface area contributed by atoms with Gasteiger partial charge >= 0.3 is 0 Å². The number of guanidine groups is 1. The van der Waals surface area contributed by atoms with Gasteiger partial charge in [0.15, 0.2) is 15.8 Å². The summed E-state index contributed by atoms with van der Waals surface area (Å²) in [6.45, 7) is 4.90. The van der Waals surface area contributed by atoms with Gasteiger partial charge in [-0.1, -0.05) is 19.9 Å². The van der Waals surface area contributed by atoms with Crippen molar-refractivity contribution >= 4 is 56.5 Å². The molecular weight excluding hydrogens is 565 g/mol. The van der Waals surface area contributed by atoms with Gasteiger partial charge in [0.25, 0.3) is 5.91 Å². The van der Waals surface area contributed by atoms with E-state index < -0.39 is 37.1 Å². The zero-order valence-electron chi connectivity index (χ0n) is 20.4. The standard InChI is InChI=1S/C22H29N5O6S2.2ClH/c1-22(2,19-5-4-10-26-19)14-7-9-16(18(12-14)35(25,31)32)33-15-8-6-13(20(28)27-21(23)24)11-17(15)34(3,29)30;;/h6-9,11-12,19,26H,4-5,10H2,1-3H3,(H2,25,31,32)(H4,23,24,27,28);2*1H. The maximum absolute atomic E-state index is 12.5. The molecule has 3 rings (SSSR count). The highest BCUT2D eigenvalue weighted by molar-refractivity contribution is 7.90. The normalized spacial score (nSPS) is 15.7. The van der Waals surface area contributed by atoms with E-state index in [2.05, 4.69) is 10.3 Å². The third kappa shape index (κ3) is 7.55. The third-order valence-electron chi connectivity index (χ3n) is 5.97. The van der Waals surface area contributed by atoms with Gasteiger partial charge < -0.3 is 21.5 Å². The fraction of sp³-hybridized carbons (Fsp3) is 0.364. The Bertz CT molecular complexity index is 1400. The number of sulfone groups is 1. The van der Waals surface area contributed by atoms with Gasteiger partial charge in [-0.2, -0.15) is 4.99 Å². The molecule has 0 bridgehead atoms. The molecule has 11 nitrogen and oxygen atoms in total. The predicted molar refractivity (Wildman–Crippen MR) is 146 cm³/mol. The minimum atomic E-state index is -4.24. The Balaban J connectivity index is 0.00000342. The Morgan fingerprint density at radius 2 is 1.62 bits per heavy atom. The Morgan fingerprint density at radius 1 is 1.03 bits per heavy atom. The first kappa shape index (κ1) is 32.6. The molecule has 1 amide bonds. The number of hydrogen-bond donors (Lipinski definition) is 4. The van der Waals surface area contributed by atoms with Crippen LogP contribution in [-0.4, -0.2) is 47.5 Å². The van der Waals surface area contributed by atoms with Crippen molar-refractivity contribution in [2.24, 2.45) is 21.6 Å². The van der Waals surface area contributed by atoms with E-state index in [0.717, 1.165) is 37.3 Å². The second-order valence-electron chi connectivity index (χ2n) is 8.95. The number of carbonyl (C=O) groups excluding carboxylic acids is 1. The lowest BCUT2D eigenvalue weighted by atomic mass is 9.77. The van der Waals surface area contributed by atoms with E-state index in [1.54, 1.807) is 6.07 Å². The molecule has 1 aliphatic heterocycles. The van der Waals surface area contributed by atoms with Crippen molar-refractivity contribution in [1.82, 2.24) is 5.32 Å². The molecule has 1 unspecified atom stereocenters. The lowest BCUT2D eigenvalue weighted by Gasteiger charge is -2.33. The molecule has 1 atom stereocenters. The summed E-state index contributed by atoms with van der Waals surface area (Å²) >= 11 is 0. The molecular formula is C22H31Cl2N5O6S2. The molecule has 0 aliphatic carbocycles. The second-order valence-corrected chi connectivity index (χ2v) is 12.5. The van der Waals surface area contributed by atoms with Gasteiger partial charge in [-0.25, -0.2) is 22.0 Å². The van der Waals surface area contributed by atoms with Crippen molar-refractivity contribution in [1.29, 1.82) is 0 Å². The number of nitrogens with zero attached hydrogens (tertiary/aromatic N) is 1. The monoisotopic (exact) mass is 595 g/mol. The van der Waals surface area contributed by atoms with Crippen LogP contribution in [0.2, 0.25) is 0 Å². The molecule has 0 saturated carbocycles. The number of nitrogens with one attached hydrogen (secondary N) is 1. The van der Waals surface area contributed by atoms with Gasteiger partial charge in [-0.05, 0) is 55.3 Å². The molecule has 37 heavy (non-hydrogen) atoms. The average Bonchev–Trinajstić information content (AvgIpc) is 3.28. The van der Waals surface area contributed by atoms with Gasteiger partial charge in [0, 0.05) is 23.3 Å². The zero-order chi connectivity index (χ0) is 26.2. The maximum atomic E-state index is 12.5. The molecule has 1 saturated heterocycles. The van der Waals surface area contributed by atoms with Crippen molar-refractivity contribution in [3.63, 3.8) is 0 Å². The molecule has 0 radical (unpaired) electrons. The summed E-state index contributed by atoms with van der Waals surface area (Å²) in [6.07, 6.45) is 2.89. The molecule has 1 fully saturated rings. The van der Waals surface area contributed by atoms with Crippen LogP contribution >= 0.6 is 24.8 Å². The number of nitrogens with two attached hydrogens (primary N) is 3. The van der Waals surface area contributed by atoms with Gasteiger partial charge in [-0.15, -0.1) is 24.8 Å². The van der Waals surface area contributed by atoms with E-state index in [4.69, 9.17) is 21.3 Å². The fourth-order valence-electron chi connectivity index (χ4n) is 4.03. The number of sulfonamides is 1. The Kier molecular flexibility index (Phi) is 10.5. The summed E-state index contributed by atoms with van der Waals surface area (Å²) in [5.74, 6) is -1.67. The number of hydrogen-bond acceptors (Lipinski definition) is 7. The number of primary sulfonamides is 1. The van der Waals surface area contributed by atoms with Gasteiger partial charge in [0.1, 0.15) is 21.3 Å². The van der Waals surface area contributed by atoms with Crippen molar-refractivity contribution in [2.45, 2.75) is 47.9 Å². The molecule has 7 N–H and O–H groups in total. The fourth-order valence-corrected chi connectivity index (χ4v) is 5.53. The van der Waals surface area contributed by atoms with Crippen molar-refractivity contribution in [3.05, 3.63) is 47.5 Å². The smallest absolute Gasteiger partial charge is 0.280 e. The first-order chi connectivity index (χ1) is 16.1. The summed E-state index contributed by atoms with van der Waals surface area (Å²) in [5, 5.41) is 8.91. The van der Waals surface area contributed by atoms with Crippen LogP contribution in [0.5, 0.6) is 11.5 Å². The van der Waals surface area contributed by atoms with Crippen LogP contribution in [-0.2, 0) is 25.3 Å². The molecule has 0 spiro atoms. The second kappa shape index (κ2) is 12.0. The summed E-state index contributed by atoms with van der Waals surface area (Å²) < 4.78 is 55.5. The quantitative estimate of drug-likeness (QED) is 0.272. The highest BCUT2D eigenvalue weighted by Crippen LogP contribution is 2.38. The minimum absolute atomic E-state index is 0. The number of rotatable bonds is 7. The van der Waals surface area contributed by atoms with Gasteiger partial charge in [0.05, 0.1) is 0 Å². The van der Waals surface area contributed by atoms with E-state index in [0.29, 0.717) is 0 Å². The van der Waals surface area contributed by atoms with Crippen LogP contribution in [0.25, 0.3) is 0 Å². The molecule has 1 heterocycles. The lowest BCUT2D eigenvalue weighted by molar-refractivity contribution is 0.100. The van der Waals surface area contributed by atoms with Crippen molar-refractivity contribution < 1.29 is 26.4 Å². The van der Waals surface area contributed by atoms with E-state index >= 15 is 0 Å². The molecule has 206 valence electrons. The first-order valence-electron chi connectivity index (χ1n) is 10.7. The van der Waals surface area contributed by atoms with Crippen LogP contribution in [0.1, 0.15) is 42.6 Å². The SMILES string of the molecule is CC(C)(c1ccc(Oc2ccc(C(=O)N=C(N)N)cc2S(C)(=O)=O)c(S(N)(=O)=O)c1)C1CCCN1.Cl.Cl. The van der Waals surface area contributed by atoms with Gasteiger partial charge in [-0.3, -0.25) is 4.79 Å². The lowest BCUT2D eigenvalue weighted by Crippen LogP contribution is -2.40. The topological polar surface area (TPSA) is 197 Å². The minimum Gasteiger partial charge on any atom is -0.455 e. The largest absolute Gasteiger partial charge is 0.455 e. The van der Waals surface area contributed by atoms with Gasteiger partial charge in [0.2, 0.25) is 10.0 Å². The molecule has 2 aromatic rings. The Hall–Kier alpha value is -2.42. The van der Waals surface area contributed by atoms with Crippen molar-refractivity contribution in [3.8, 4) is 11.5 Å². The highest BCUT2D eigenvalue weighted by Gasteiger charge is 2.34. The summed E-state index contributed by atoms with van der Waals surface area (Å²) in [6, 6.07) is 8.30. The summed E-state index contributed by atoms with van der Waals surface area (Å²) in [5.41, 5.74) is 10.7. The van der Waals surface area contributed by atoms with Crippen LogP contribution in [0.4, 0.5) is 0 Å². The van der Waals surface area contributed by atoms with Crippen molar-refractivity contribution in [2.75, 3.05) is 12.8 Å². The zero-order valence-corrected chi connectivity index (χ0v) is 23.7. The number of benzene rings is 2. The molecule has 2 aromatic carbocycles. The van der Waals surface area contributed by atoms with Crippen LogP contribution < -0.4 is 26.7 Å². The van der Waals surface area contributed by atoms with Crippen LogP contribution in [0.15, 0.2) is 51.2 Å². The third-order valence-corrected chi connectivity index (χ3v) is 8.02. The van der Waals surface area contributed by atoms with Crippen LogP contribution in [0.3, 0.4) is 0 Å². The average molecular weight is 597 g/mol. The highest BCUT2D eigenvalue weighted by atomic mass is 35.5. The van der Waals surface area contributed by atoms with E-state index in [1.807, 2.05) is 13.8 Å².